The fraction of sp³-hybridized carbons (Fsp3) is 0.833. The van der Waals surface area contributed by atoms with Crippen molar-refractivity contribution >= 4 is 5.97 Å². The van der Waals surface area contributed by atoms with Gasteiger partial charge in [0.25, 0.3) is 0 Å². The van der Waals surface area contributed by atoms with Crippen LogP contribution in [0.4, 0.5) is 0 Å². The zero-order valence-electron chi connectivity index (χ0n) is 5.79. The Morgan fingerprint density at radius 2 is 2.11 bits per heavy atom. The molecule has 0 aliphatic rings. The van der Waals surface area contributed by atoms with Crippen molar-refractivity contribution in [1.29, 1.82) is 0 Å². The lowest BCUT2D eigenvalue weighted by Crippen LogP contribution is -2.31. The smallest absolute Gasteiger partial charge is 0.320 e. The lowest BCUT2D eigenvalue weighted by molar-refractivity contribution is -0.138. The summed E-state index contributed by atoms with van der Waals surface area (Å²) in [5, 5.41) is 8.31. The number of aliphatic carboxylic acids is 1. The van der Waals surface area contributed by atoms with Crippen LogP contribution >= 0.6 is 0 Å². The van der Waals surface area contributed by atoms with Crippen molar-refractivity contribution in [1.82, 2.24) is 0 Å². The molecule has 3 heteroatoms. The van der Waals surface area contributed by atoms with Crippen molar-refractivity contribution in [3.63, 3.8) is 0 Å². The molecule has 0 radical (unpaired) electrons. The minimum atomic E-state index is -0.913. The number of carbonyl (C=O) groups is 1. The predicted octanol–water partition coefficient (Wildman–Crippen LogP) is 0.444. The summed E-state index contributed by atoms with van der Waals surface area (Å²) in [6.45, 7) is 3.89. The van der Waals surface area contributed by atoms with Gasteiger partial charge in [-0.2, -0.15) is 0 Å². The second-order valence-electron chi connectivity index (χ2n) is 2.57. The van der Waals surface area contributed by atoms with Crippen molar-refractivity contribution in [3.05, 3.63) is 0 Å². The molecule has 1 unspecified atom stereocenters. The summed E-state index contributed by atoms with van der Waals surface area (Å²) in [5.41, 5.74) is 5.22. The van der Waals surface area contributed by atoms with Crippen LogP contribution in [0.1, 0.15) is 20.3 Å². The van der Waals surface area contributed by atoms with Gasteiger partial charge in [0.15, 0.2) is 0 Å². The fourth-order valence-electron chi connectivity index (χ4n) is 0.609. The molecule has 0 fully saturated rings. The summed E-state index contributed by atoms with van der Waals surface area (Å²) in [5.74, 6) is -0.556. The van der Waals surface area contributed by atoms with Crippen LogP contribution in [-0.2, 0) is 4.79 Å². The lowest BCUT2D eigenvalue weighted by atomic mass is 10.2. The molecular weight excluding hydrogens is 120 g/mol. The quantitative estimate of drug-likeness (QED) is 0.549. The van der Waals surface area contributed by atoms with Crippen LogP contribution in [0, 0.1) is 5.92 Å². The molecule has 0 saturated heterocycles. The molecule has 3 N–H and O–H groups in total. The maximum absolute atomic E-state index is 10.1. The van der Waals surface area contributed by atoms with E-state index in [0.717, 1.165) is 0 Å². The molecular formula is C6H13NO2. The molecule has 0 amide bonds. The van der Waals surface area contributed by atoms with E-state index >= 15 is 0 Å². The van der Waals surface area contributed by atoms with Crippen LogP contribution in [0.25, 0.3) is 0 Å². The van der Waals surface area contributed by atoms with Crippen LogP contribution in [0.2, 0.25) is 0 Å². The Bertz CT molecular complexity index is 101. The van der Waals surface area contributed by atoms with Gasteiger partial charge in [-0.25, -0.2) is 0 Å². The van der Waals surface area contributed by atoms with E-state index in [9.17, 15) is 4.79 Å². The number of hydrogen-bond donors (Lipinski definition) is 2. The van der Waals surface area contributed by atoms with E-state index in [0.29, 0.717) is 12.3 Å². The van der Waals surface area contributed by atoms with E-state index in [2.05, 4.69) is 0 Å². The molecule has 0 rings (SSSR count). The summed E-state index contributed by atoms with van der Waals surface area (Å²) in [4.78, 5) is 10.1. The molecule has 3 nitrogen and oxygen atoms in total. The SMILES string of the molecule is CC(C)C[13CH](N)[13C](=O)O. The van der Waals surface area contributed by atoms with Crippen LogP contribution < -0.4 is 5.73 Å². The van der Waals surface area contributed by atoms with Crippen molar-refractivity contribution in [2.24, 2.45) is 11.7 Å². The summed E-state index contributed by atoms with van der Waals surface area (Å²) in [6.07, 6.45) is 0.551. The van der Waals surface area contributed by atoms with Gasteiger partial charge in [0, 0.05) is 0 Å². The summed E-state index contributed by atoms with van der Waals surface area (Å²) in [7, 11) is 0. The van der Waals surface area contributed by atoms with E-state index in [1.54, 1.807) is 0 Å². The van der Waals surface area contributed by atoms with E-state index in [4.69, 9.17) is 10.8 Å². The van der Waals surface area contributed by atoms with Gasteiger partial charge in [-0.3, -0.25) is 4.79 Å². The van der Waals surface area contributed by atoms with E-state index in [-0.39, 0.29) is 0 Å². The number of hydrogen-bond acceptors (Lipinski definition) is 2. The monoisotopic (exact) mass is 133 g/mol. The Hall–Kier alpha value is -0.570. The standard InChI is InChI=1S/C6H13NO2/c1-4(2)3-5(7)6(8)9/h4-5H,3,7H2,1-2H3,(H,8,9)/i5+1,6+1. The Balaban J connectivity index is 3.50. The lowest BCUT2D eigenvalue weighted by Gasteiger charge is -2.07. The van der Waals surface area contributed by atoms with Gasteiger partial charge in [0.05, 0.1) is 0 Å². The van der Waals surface area contributed by atoms with Gasteiger partial charge in [0.1, 0.15) is 6.04 Å². The van der Waals surface area contributed by atoms with Crippen LogP contribution in [-0.4, -0.2) is 17.1 Å². The first-order valence-electron chi connectivity index (χ1n) is 3.02. The van der Waals surface area contributed by atoms with Gasteiger partial charge in [0.2, 0.25) is 0 Å². The van der Waals surface area contributed by atoms with Crippen LogP contribution in [0.15, 0.2) is 0 Å². The minimum Gasteiger partial charge on any atom is -0.480 e. The molecule has 1 atom stereocenters. The summed E-state index contributed by atoms with van der Waals surface area (Å²) < 4.78 is 0. The first-order chi connectivity index (χ1) is 4.04. The van der Waals surface area contributed by atoms with Crippen LogP contribution in [0.3, 0.4) is 0 Å². The predicted molar refractivity (Wildman–Crippen MR) is 35.1 cm³/mol. The second kappa shape index (κ2) is 3.45. The molecule has 0 aliphatic heterocycles. The first kappa shape index (κ1) is 8.43. The Kier molecular flexibility index (Phi) is 3.24. The number of rotatable bonds is 3. The van der Waals surface area contributed by atoms with Crippen molar-refractivity contribution in [2.45, 2.75) is 26.3 Å². The first-order valence-corrected chi connectivity index (χ1v) is 3.02. The Morgan fingerprint density at radius 1 is 1.67 bits per heavy atom. The number of carboxylic acid groups (broad SMARTS) is 1. The third kappa shape index (κ3) is 3.97. The highest BCUT2D eigenvalue weighted by molar-refractivity contribution is 5.72. The van der Waals surface area contributed by atoms with Gasteiger partial charge in [-0.1, -0.05) is 13.8 Å². The fourth-order valence-corrected chi connectivity index (χ4v) is 0.609. The largest absolute Gasteiger partial charge is 0.480 e. The van der Waals surface area contributed by atoms with Crippen LogP contribution in [0.5, 0.6) is 0 Å². The molecule has 0 saturated carbocycles. The minimum absolute atomic E-state index is 0.357. The zero-order chi connectivity index (χ0) is 7.44. The van der Waals surface area contributed by atoms with Gasteiger partial charge >= 0.3 is 5.97 Å². The Morgan fingerprint density at radius 3 is 2.22 bits per heavy atom. The topological polar surface area (TPSA) is 63.3 Å². The molecule has 0 heterocycles. The van der Waals surface area contributed by atoms with Gasteiger partial charge in [-0.05, 0) is 12.3 Å². The number of carboxylic acids is 1. The van der Waals surface area contributed by atoms with Crippen molar-refractivity contribution in [3.8, 4) is 0 Å². The third-order valence-corrected chi connectivity index (χ3v) is 1.04. The van der Waals surface area contributed by atoms with E-state index in [1.807, 2.05) is 13.8 Å². The molecule has 0 spiro atoms. The summed E-state index contributed by atoms with van der Waals surface area (Å²) in [6, 6.07) is -0.690. The highest BCUT2D eigenvalue weighted by Gasteiger charge is 2.11. The average Bonchev–Trinajstić information content (AvgIpc) is 1.63. The average molecular weight is 133 g/mol. The molecule has 0 aromatic heterocycles. The van der Waals surface area contributed by atoms with E-state index in [1.165, 1.54) is 0 Å². The van der Waals surface area contributed by atoms with Crippen molar-refractivity contribution in [2.75, 3.05) is 0 Å². The van der Waals surface area contributed by atoms with Crippen molar-refractivity contribution < 1.29 is 9.90 Å². The molecule has 0 aliphatic carbocycles. The second-order valence-corrected chi connectivity index (χ2v) is 2.57. The molecule has 9 heavy (non-hydrogen) atoms. The normalized spacial score (nSPS) is 13.8. The molecule has 0 aromatic rings. The highest BCUT2D eigenvalue weighted by Crippen LogP contribution is 2.01. The number of nitrogens with two attached hydrogens (primary N) is 1. The molecule has 54 valence electrons. The van der Waals surface area contributed by atoms with Gasteiger partial charge < -0.3 is 10.8 Å². The maximum atomic E-state index is 10.1. The zero-order valence-corrected chi connectivity index (χ0v) is 5.79. The highest BCUT2D eigenvalue weighted by atomic mass is 16.5. The van der Waals surface area contributed by atoms with Gasteiger partial charge in [-0.15, -0.1) is 0 Å². The Labute approximate surface area is 54.9 Å². The molecule has 0 bridgehead atoms. The molecule has 0 aromatic carbocycles. The summed E-state index contributed by atoms with van der Waals surface area (Å²) >= 11 is 0. The third-order valence-electron chi connectivity index (χ3n) is 1.04. The van der Waals surface area contributed by atoms with E-state index < -0.39 is 12.0 Å². The maximum Gasteiger partial charge on any atom is 0.320 e.